The molecular formula is C14H19BrN2O4S2. The molecule has 2 rings (SSSR count). The van der Waals surface area contributed by atoms with Gasteiger partial charge in [0.1, 0.15) is 6.04 Å². The van der Waals surface area contributed by atoms with Crippen LogP contribution in [0.1, 0.15) is 20.3 Å². The molecule has 1 heterocycles. The number of hydrogen-bond acceptors (Lipinski definition) is 5. The first-order valence-electron chi connectivity index (χ1n) is 7.05. The van der Waals surface area contributed by atoms with E-state index in [1.807, 2.05) is 13.8 Å². The summed E-state index contributed by atoms with van der Waals surface area (Å²) in [5, 5.41) is 9.07. The Morgan fingerprint density at radius 2 is 2.00 bits per heavy atom. The molecule has 1 aliphatic heterocycles. The van der Waals surface area contributed by atoms with Gasteiger partial charge in [0.2, 0.25) is 10.0 Å². The minimum absolute atomic E-state index is 0.124. The van der Waals surface area contributed by atoms with Crippen molar-refractivity contribution in [2.75, 3.05) is 12.3 Å². The van der Waals surface area contributed by atoms with Crippen molar-refractivity contribution >= 4 is 43.6 Å². The Morgan fingerprint density at radius 1 is 1.39 bits per heavy atom. The van der Waals surface area contributed by atoms with E-state index < -0.39 is 26.7 Å². The summed E-state index contributed by atoms with van der Waals surface area (Å²) in [5.41, 5.74) is 1.61. The molecule has 1 fully saturated rings. The number of rotatable bonds is 3. The number of carbonyl (C=O) groups excluding carboxylic acids is 1. The normalized spacial score (nSPS) is 22.3. The number of amides is 1. The Kier molecular flexibility index (Phi) is 5.78. The van der Waals surface area contributed by atoms with Gasteiger partial charge in [-0.05, 0) is 50.3 Å². The largest absolute Gasteiger partial charge is 0.289 e. The fraction of sp³-hybridized carbons (Fsp3) is 0.500. The lowest BCUT2D eigenvalue weighted by molar-refractivity contribution is -0.133. The SMILES string of the molecule is CC1(C)SCCCN(S(=O)(=O)c2ccc(Br)cc2)C1C(=O)NO. The fourth-order valence-electron chi connectivity index (χ4n) is 2.62. The molecule has 0 aliphatic carbocycles. The summed E-state index contributed by atoms with van der Waals surface area (Å²) in [5.74, 6) is 0.0271. The second-order valence-electron chi connectivity index (χ2n) is 5.75. The second-order valence-corrected chi connectivity index (χ2v) is 10.3. The van der Waals surface area contributed by atoms with Crippen LogP contribution in [-0.4, -0.2) is 46.9 Å². The standard InChI is InChI=1S/C14H19BrN2O4S2/c1-14(2)12(13(18)16-19)17(8-3-9-22-14)23(20,21)11-6-4-10(15)5-7-11/h4-7,12,19H,3,8-9H2,1-2H3,(H,16,18). The highest BCUT2D eigenvalue weighted by Crippen LogP contribution is 2.37. The zero-order valence-electron chi connectivity index (χ0n) is 12.8. The zero-order chi connectivity index (χ0) is 17.3. The van der Waals surface area contributed by atoms with Gasteiger partial charge in [-0.1, -0.05) is 15.9 Å². The van der Waals surface area contributed by atoms with Crippen LogP contribution in [0.25, 0.3) is 0 Å². The van der Waals surface area contributed by atoms with Crippen LogP contribution in [0, 0.1) is 0 Å². The molecule has 23 heavy (non-hydrogen) atoms. The van der Waals surface area contributed by atoms with Gasteiger partial charge in [0, 0.05) is 15.8 Å². The van der Waals surface area contributed by atoms with Crippen LogP contribution < -0.4 is 5.48 Å². The van der Waals surface area contributed by atoms with Crippen molar-refractivity contribution in [2.45, 2.75) is 36.0 Å². The summed E-state index contributed by atoms with van der Waals surface area (Å²) in [6.45, 7) is 3.85. The van der Waals surface area contributed by atoms with Gasteiger partial charge in [0.25, 0.3) is 5.91 Å². The smallest absolute Gasteiger partial charge is 0.263 e. The van der Waals surface area contributed by atoms with Crippen molar-refractivity contribution < 1.29 is 18.4 Å². The molecule has 0 bridgehead atoms. The van der Waals surface area contributed by atoms with E-state index in [2.05, 4.69) is 15.9 Å². The average molecular weight is 423 g/mol. The topological polar surface area (TPSA) is 86.7 Å². The molecule has 0 spiro atoms. The Bertz CT molecular complexity index is 677. The monoisotopic (exact) mass is 422 g/mol. The number of hydrogen-bond donors (Lipinski definition) is 2. The highest BCUT2D eigenvalue weighted by molar-refractivity contribution is 9.10. The Balaban J connectivity index is 2.51. The van der Waals surface area contributed by atoms with Gasteiger partial charge in [0.05, 0.1) is 4.90 Å². The first-order chi connectivity index (χ1) is 10.7. The van der Waals surface area contributed by atoms with E-state index in [-0.39, 0.29) is 11.4 Å². The average Bonchev–Trinajstić information content (AvgIpc) is 2.65. The lowest BCUT2D eigenvalue weighted by Gasteiger charge is -2.36. The van der Waals surface area contributed by atoms with Gasteiger partial charge in [-0.25, -0.2) is 13.9 Å². The molecule has 1 unspecified atom stereocenters. The molecule has 0 saturated carbocycles. The zero-order valence-corrected chi connectivity index (χ0v) is 16.0. The van der Waals surface area contributed by atoms with Crippen molar-refractivity contribution in [3.63, 3.8) is 0 Å². The number of carbonyl (C=O) groups is 1. The summed E-state index contributed by atoms with van der Waals surface area (Å²) in [6.07, 6.45) is 0.638. The minimum atomic E-state index is -3.85. The second kappa shape index (κ2) is 7.10. The lowest BCUT2D eigenvalue weighted by Crippen LogP contribution is -2.57. The molecule has 1 atom stereocenters. The predicted molar refractivity (Wildman–Crippen MR) is 92.9 cm³/mol. The highest BCUT2D eigenvalue weighted by Gasteiger charge is 2.46. The lowest BCUT2D eigenvalue weighted by atomic mass is 10.0. The van der Waals surface area contributed by atoms with Gasteiger partial charge < -0.3 is 0 Å². The van der Waals surface area contributed by atoms with Gasteiger partial charge in [-0.15, -0.1) is 0 Å². The third-order valence-corrected chi connectivity index (χ3v) is 7.59. The molecule has 1 aliphatic rings. The molecule has 1 aromatic carbocycles. The number of halogens is 1. The predicted octanol–water partition coefficient (Wildman–Crippen LogP) is 2.23. The maximum absolute atomic E-state index is 13.0. The third-order valence-electron chi connectivity index (χ3n) is 3.72. The quantitative estimate of drug-likeness (QED) is 0.575. The molecule has 1 amide bonds. The maximum atomic E-state index is 13.0. The van der Waals surface area contributed by atoms with Crippen molar-refractivity contribution in [3.05, 3.63) is 28.7 Å². The van der Waals surface area contributed by atoms with Crippen molar-refractivity contribution in [3.8, 4) is 0 Å². The molecular weight excluding hydrogens is 404 g/mol. The van der Waals surface area contributed by atoms with Crippen LogP contribution in [0.5, 0.6) is 0 Å². The number of benzene rings is 1. The minimum Gasteiger partial charge on any atom is -0.289 e. The summed E-state index contributed by atoms with van der Waals surface area (Å²) in [4.78, 5) is 12.3. The fourth-order valence-corrected chi connectivity index (χ4v) is 5.90. The maximum Gasteiger partial charge on any atom is 0.263 e. The Morgan fingerprint density at radius 3 is 2.57 bits per heavy atom. The molecule has 1 saturated heterocycles. The molecule has 1 aromatic rings. The number of thioether (sulfide) groups is 1. The van der Waals surface area contributed by atoms with Gasteiger partial charge in [-0.3, -0.25) is 10.0 Å². The summed E-state index contributed by atoms with van der Waals surface area (Å²) in [7, 11) is -3.85. The highest BCUT2D eigenvalue weighted by atomic mass is 79.9. The number of nitrogens with zero attached hydrogens (tertiary/aromatic N) is 1. The molecule has 0 radical (unpaired) electrons. The van der Waals surface area contributed by atoms with Crippen LogP contribution in [0.4, 0.5) is 0 Å². The van der Waals surface area contributed by atoms with E-state index in [0.717, 1.165) is 10.2 Å². The van der Waals surface area contributed by atoms with Crippen molar-refractivity contribution in [2.24, 2.45) is 0 Å². The number of nitrogens with one attached hydrogen (secondary N) is 1. The molecule has 9 heteroatoms. The number of hydroxylamine groups is 1. The van der Waals surface area contributed by atoms with E-state index in [9.17, 15) is 13.2 Å². The van der Waals surface area contributed by atoms with Crippen LogP contribution in [-0.2, 0) is 14.8 Å². The summed E-state index contributed by atoms with van der Waals surface area (Å²) in [6, 6.07) is 5.29. The Labute approximate surface area is 148 Å². The van der Waals surface area contributed by atoms with E-state index in [4.69, 9.17) is 5.21 Å². The third kappa shape index (κ3) is 3.90. The van der Waals surface area contributed by atoms with Crippen molar-refractivity contribution in [1.82, 2.24) is 9.79 Å². The van der Waals surface area contributed by atoms with Crippen molar-refractivity contribution in [1.29, 1.82) is 0 Å². The summed E-state index contributed by atoms with van der Waals surface area (Å²) < 4.78 is 27.3. The Hall–Kier alpha value is -0.610. The van der Waals surface area contributed by atoms with E-state index in [0.29, 0.717) is 6.42 Å². The first kappa shape index (κ1) is 18.7. The first-order valence-corrected chi connectivity index (χ1v) is 10.3. The van der Waals surface area contributed by atoms with Crippen LogP contribution in [0.3, 0.4) is 0 Å². The molecule has 2 N–H and O–H groups in total. The van der Waals surface area contributed by atoms with Crippen LogP contribution in [0.15, 0.2) is 33.6 Å². The number of sulfonamides is 1. The molecule has 0 aromatic heterocycles. The summed E-state index contributed by atoms with van der Waals surface area (Å²) >= 11 is 4.80. The van der Waals surface area contributed by atoms with E-state index in [1.54, 1.807) is 17.6 Å². The van der Waals surface area contributed by atoms with E-state index >= 15 is 0 Å². The van der Waals surface area contributed by atoms with Gasteiger partial charge in [0.15, 0.2) is 0 Å². The van der Waals surface area contributed by atoms with Crippen LogP contribution >= 0.6 is 27.7 Å². The molecule has 128 valence electrons. The molecule has 6 nitrogen and oxygen atoms in total. The van der Waals surface area contributed by atoms with E-state index in [1.165, 1.54) is 28.2 Å². The van der Waals surface area contributed by atoms with Gasteiger partial charge >= 0.3 is 0 Å². The van der Waals surface area contributed by atoms with Crippen LogP contribution in [0.2, 0.25) is 0 Å². The van der Waals surface area contributed by atoms with Gasteiger partial charge in [-0.2, -0.15) is 16.1 Å².